The molecule has 17 heteroatoms. The Morgan fingerprint density at radius 2 is 1.63 bits per heavy atom. The summed E-state index contributed by atoms with van der Waals surface area (Å²) < 4.78 is 21.6. The number of nitriles is 1. The van der Waals surface area contributed by atoms with Gasteiger partial charge in [0.25, 0.3) is 17.7 Å². The number of carbonyl (C=O) groups excluding carboxylic acids is 5. The fourth-order valence-electron chi connectivity index (χ4n) is 9.99. The standard InChI is InChI=1S/C43H45ClFN9O6/c44-32-19-29(4-1-25(32)22-46)60-28-5-2-26(3-6-28)47-39(56)34-7-9-37(50-49-34)53-18-14-43(24-53)13-17-52(23-43)27-11-15-51(16-12-27)36-21-31-30(20-33(36)45)41(58)54(42(31)59)35-8-10-38(55)48-40(35)57/h1,4,7,9,19-21,26-28,35H,2-3,5-6,8,10-18,23-24H2,(H,47,56)(H,48,55,57). The van der Waals surface area contributed by atoms with Crippen molar-refractivity contribution in [3.8, 4) is 11.8 Å². The molecule has 5 fully saturated rings. The molecule has 1 aromatic heterocycles. The molecule has 5 amide bonds. The number of imide groups is 2. The van der Waals surface area contributed by atoms with Crippen LogP contribution in [0.15, 0.2) is 42.5 Å². The van der Waals surface area contributed by atoms with Crippen LogP contribution in [0.1, 0.15) is 101 Å². The van der Waals surface area contributed by atoms with Gasteiger partial charge in [-0.05, 0) is 101 Å². The number of hydrogen-bond donors (Lipinski definition) is 2. The van der Waals surface area contributed by atoms with E-state index in [1.165, 1.54) is 6.07 Å². The molecule has 2 aromatic carbocycles. The van der Waals surface area contributed by atoms with Crippen molar-refractivity contribution in [3.05, 3.63) is 75.7 Å². The summed E-state index contributed by atoms with van der Waals surface area (Å²) in [6.07, 6.45) is 6.88. The number of anilines is 2. The molecule has 6 heterocycles. The van der Waals surface area contributed by atoms with Crippen LogP contribution in [0.5, 0.6) is 5.75 Å². The molecule has 0 bridgehead atoms. The molecule has 5 aliphatic heterocycles. The fourth-order valence-corrected chi connectivity index (χ4v) is 10.2. The predicted molar refractivity (Wildman–Crippen MR) is 216 cm³/mol. The van der Waals surface area contributed by atoms with E-state index in [0.717, 1.165) is 94.3 Å². The van der Waals surface area contributed by atoms with E-state index in [1.54, 1.807) is 24.3 Å². The summed E-state index contributed by atoms with van der Waals surface area (Å²) in [5.41, 5.74) is 1.10. The van der Waals surface area contributed by atoms with Crippen LogP contribution in [0.4, 0.5) is 15.9 Å². The van der Waals surface area contributed by atoms with Gasteiger partial charge in [-0.1, -0.05) is 11.6 Å². The van der Waals surface area contributed by atoms with Crippen molar-refractivity contribution in [3.63, 3.8) is 0 Å². The summed E-state index contributed by atoms with van der Waals surface area (Å²) in [4.78, 5) is 71.3. The van der Waals surface area contributed by atoms with E-state index < -0.39 is 35.5 Å². The second-order valence-corrected chi connectivity index (χ2v) is 17.4. The Balaban J connectivity index is 0.739. The molecule has 4 saturated heterocycles. The van der Waals surface area contributed by atoms with E-state index in [1.807, 2.05) is 17.0 Å². The minimum atomic E-state index is -1.10. The Labute approximate surface area is 351 Å². The van der Waals surface area contributed by atoms with Crippen LogP contribution in [0, 0.1) is 22.6 Å². The van der Waals surface area contributed by atoms with Crippen LogP contribution in [-0.4, -0.2) is 113 Å². The number of benzene rings is 2. The molecule has 3 aromatic rings. The van der Waals surface area contributed by atoms with Crippen LogP contribution >= 0.6 is 11.6 Å². The number of piperidine rings is 2. The maximum atomic E-state index is 15.5. The highest BCUT2D eigenvalue weighted by molar-refractivity contribution is 6.31. The Morgan fingerprint density at radius 3 is 2.33 bits per heavy atom. The average Bonchev–Trinajstić information content (AvgIpc) is 3.94. The number of rotatable bonds is 8. The normalized spacial score (nSPS) is 26.1. The number of halogens is 2. The largest absolute Gasteiger partial charge is 0.490 e. The molecule has 60 heavy (non-hydrogen) atoms. The zero-order chi connectivity index (χ0) is 41.7. The summed E-state index contributed by atoms with van der Waals surface area (Å²) in [6.45, 7) is 4.82. The van der Waals surface area contributed by atoms with E-state index in [4.69, 9.17) is 21.6 Å². The first-order valence-corrected chi connectivity index (χ1v) is 21.2. The van der Waals surface area contributed by atoms with Crippen molar-refractivity contribution in [2.24, 2.45) is 5.41 Å². The third-order valence-corrected chi connectivity index (χ3v) is 13.6. The number of carbonyl (C=O) groups is 5. The van der Waals surface area contributed by atoms with Crippen molar-refractivity contribution in [1.82, 2.24) is 30.6 Å². The number of ether oxygens (including phenoxy) is 1. The number of nitrogens with one attached hydrogen (secondary N) is 2. The highest BCUT2D eigenvalue weighted by Gasteiger charge is 2.47. The molecular weight excluding hydrogens is 793 g/mol. The van der Waals surface area contributed by atoms with Gasteiger partial charge in [-0.15, -0.1) is 10.2 Å². The fraction of sp³-hybridized carbons (Fsp3) is 0.488. The van der Waals surface area contributed by atoms with Gasteiger partial charge in [-0.2, -0.15) is 5.26 Å². The minimum absolute atomic E-state index is 0.00471. The van der Waals surface area contributed by atoms with Gasteiger partial charge in [0.2, 0.25) is 11.8 Å². The molecule has 312 valence electrons. The third-order valence-electron chi connectivity index (χ3n) is 13.3. The number of aromatic nitrogens is 2. The van der Waals surface area contributed by atoms with Gasteiger partial charge in [0, 0.05) is 62.7 Å². The lowest BCUT2D eigenvalue weighted by molar-refractivity contribution is -0.136. The molecule has 1 aliphatic carbocycles. The van der Waals surface area contributed by atoms with Gasteiger partial charge in [0.1, 0.15) is 23.7 Å². The minimum Gasteiger partial charge on any atom is -0.490 e. The predicted octanol–water partition coefficient (Wildman–Crippen LogP) is 4.23. The summed E-state index contributed by atoms with van der Waals surface area (Å²) in [5, 5.41) is 23.5. The number of likely N-dealkylation sites (tertiary alicyclic amines) is 1. The average molecular weight is 838 g/mol. The third kappa shape index (κ3) is 7.64. The summed E-state index contributed by atoms with van der Waals surface area (Å²) >= 11 is 6.15. The van der Waals surface area contributed by atoms with Gasteiger partial charge in [-0.3, -0.25) is 39.1 Å². The first-order valence-electron chi connectivity index (χ1n) is 20.8. The van der Waals surface area contributed by atoms with Gasteiger partial charge in [-0.25, -0.2) is 4.39 Å². The van der Waals surface area contributed by atoms with Crippen LogP contribution in [0.3, 0.4) is 0 Å². The maximum absolute atomic E-state index is 15.5. The summed E-state index contributed by atoms with van der Waals surface area (Å²) in [5.74, 6) is -1.96. The molecule has 1 saturated carbocycles. The molecule has 2 atom stereocenters. The van der Waals surface area contributed by atoms with Crippen LogP contribution in [0.25, 0.3) is 0 Å². The van der Waals surface area contributed by atoms with Gasteiger partial charge >= 0.3 is 0 Å². The number of hydrogen-bond acceptors (Lipinski definition) is 12. The van der Waals surface area contributed by atoms with Crippen LogP contribution < -0.4 is 25.2 Å². The van der Waals surface area contributed by atoms with Crippen LogP contribution in [-0.2, 0) is 9.59 Å². The van der Waals surface area contributed by atoms with E-state index in [0.29, 0.717) is 35.5 Å². The lowest BCUT2D eigenvalue weighted by Crippen LogP contribution is -2.54. The molecule has 15 nitrogen and oxygen atoms in total. The van der Waals surface area contributed by atoms with E-state index >= 15 is 4.39 Å². The molecule has 6 aliphatic rings. The Morgan fingerprint density at radius 1 is 0.883 bits per heavy atom. The van der Waals surface area contributed by atoms with Crippen molar-refractivity contribution >= 4 is 52.6 Å². The molecular formula is C43H45ClFN9O6. The van der Waals surface area contributed by atoms with Gasteiger partial charge in [0.15, 0.2) is 11.5 Å². The monoisotopic (exact) mass is 837 g/mol. The van der Waals surface area contributed by atoms with Crippen molar-refractivity contribution in [1.29, 1.82) is 5.26 Å². The van der Waals surface area contributed by atoms with Gasteiger partial charge < -0.3 is 19.9 Å². The van der Waals surface area contributed by atoms with Gasteiger partial charge in [0.05, 0.1) is 33.5 Å². The Hall–Kier alpha value is -5.66. The lowest BCUT2D eigenvalue weighted by Gasteiger charge is -2.38. The highest BCUT2D eigenvalue weighted by Crippen LogP contribution is 2.43. The Bertz CT molecular complexity index is 2290. The smallest absolute Gasteiger partial charge is 0.272 e. The molecule has 2 unspecified atom stereocenters. The summed E-state index contributed by atoms with van der Waals surface area (Å²) in [6, 6.07) is 12.5. The maximum Gasteiger partial charge on any atom is 0.272 e. The quantitative estimate of drug-likeness (QED) is 0.309. The first-order chi connectivity index (χ1) is 29.0. The van der Waals surface area contributed by atoms with E-state index in [-0.39, 0.29) is 58.8 Å². The van der Waals surface area contributed by atoms with Crippen molar-refractivity contribution in [2.75, 3.05) is 49.1 Å². The van der Waals surface area contributed by atoms with Crippen molar-refractivity contribution < 1.29 is 33.1 Å². The molecule has 9 rings (SSSR count). The zero-order valence-corrected chi connectivity index (χ0v) is 33.8. The first kappa shape index (κ1) is 39.8. The second kappa shape index (κ2) is 16.1. The van der Waals surface area contributed by atoms with E-state index in [9.17, 15) is 24.0 Å². The number of amides is 5. The number of fused-ring (bicyclic) bond motifs is 1. The molecule has 0 radical (unpaired) electrons. The molecule has 1 spiro atoms. The second-order valence-electron chi connectivity index (χ2n) is 17.0. The zero-order valence-electron chi connectivity index (χ0n) is 33.0. The Kier molecular flexibility index (Phi) is 10.7. The lowest BCUT2D eigenvalue weighted by atomic mass is 9.86. The molecule has 2 N–H and O–H groups in total. The highest BCUT2D eigenvalue weighted by atomic mass is 35.5. The topological polar surface area (TPSA) is 181 Å². The number of nitrogens with zero attached hydrogens (tertiary/aromatic N) is 7. The van der Waals surface area contributed by atoms with Crippen molar-refractivity contribution in [2.45, 2.75) is 88.4 Å². The SMILES string of the molecule is N#Cc1ccc(OC2CCC(NC(=O)c3ccc(N4CCC5(CCN(C6CCN(c7cc8c(cc7F)C(=O)N(C7CCC(=O)NC7=O)C8=O)CC6)C5)C4)nn3)CC2)cc1Cl. The van der Waals surface area contributed by atoms with Crippen LogP contribution in [0.2, 0.25) is 5.02 Å². The van der Waals surface area contributed by atoms with E-state index in [2.05, 4.69) is 30.6 Å². The summed E-state index contributed by atoms with van der Waals surface area (Å²) in [7, 11) is 0.